The fraction of sp³-hybridized carbons (Fsp3) is 0.588. The highest BCUT2D eigenvalue weighted by atomic mass is 16.5. The van der Waals surface area contributed by atoms with Gasteiger partial charge in [-0.2, -0.15) is 0 Å². The Kier molecular flexibility index (Phi) is 5.37. The van der Waals surface area contributed by atoms with E-state index in [9.17, 15) is 4.79 Å². The Hall–Kier alpha value is -1.39. The van der Waals surface area contributed by atoms with Crippen molar-refractivity contribution in [3.8, 4) is 0 Å². The predicted molar refractivity (Wildman–Crippen MR) is 85.6 cm³/mol. The highest BCUT2D eigenvalue weighted by Crippen LogP contribution is 2.15. The summed E-state index contributed by atoms with van der Waals surface area (Å²) in [6, 6.07) is 6.02. The summed E-state index contributed by atoms with van der Waals surface area (Å²) < 4.78 is 5.70. The van der Waals surface area contributed by atoms with Crippen LogP contribution in [0.4, 0.5) is 5.69 Å². The molecular formula is C17H26N2O2. The van der Waals surface area contributed by atoms with E-state index in [4.69, 9.17) is 4.74 Å². The summed E-state index contributed by atoms with van der Waals surface area (Å²) in [4.78, 5) is 14.3. The van der Waals surface area contributed by atoms with Crippen molar-refractivity contribution < 1.29 is 9.53 Å². The van der Waals surface area contributed by atoms with Gasteiger partial charge in [0.1, 0.15) is 0 Å². The Balaban J connectivity index is 1.80. The molecule has 1 N–H and O–H groups in total. The molecule has 0 radical (unpaired) electrons. The number of hydrogen-bond acceptors (Lipinski definition) is 3. The third-order valence-corrected chi connectivity index (χ3v) is 3.94. The maximum absolute atomic E-state index is 12.0. The minimum Gasteiger partial charge on any atom is -0.373 e. The minimum atomic E-state index is 0.0741. The van der Waals surface area contributed by atoms with Gasteiger partial charge in [0, 0.05) is 31.7 Å². The van der Waals surface area contributed by atoms with Crippen molar-refractivity contribution in [3.63, 3.8) is 0 Å². The number of nitrogens with zero attached hydrogens (tertiary/aromatic N) is 1. The van der Waals surface area contributed by atoms with Gasteiger partial charge in [0.25, 0.3) is 0 Å². The molecule has 4 nitrogen and oxygen atoms in total. The summed E-state index contributed by atoms with van der Waals surface area (Å²) in [5, 5.41) is 2.98. The molecule has 21 heavy (non-hydrogen) atoms. The molecule has 1 amide bonds. The van der Waals surface area contributed by atoms with Gasteiger partial charge < -0.3 is 10.1 Å². The minimum absolute atomic E-state index is 0.0741. The van der Waals surface area contributed by atoms with Crippen molar-refractivity contribution >= 4 is 11.6 Å². The summed E-state index contributed by atoms with van der Waals surface area (Å²) >= 11 is 0. The number of carbonyl (C=O) groups is 1. The van der Waals surface area contributed by atoms with E-state index >= 15 is 0 Å². The van der Waals surface area contributed by atoms with Crippen molar-refractivity contribution in [1.82, 2.24) is 4.90 Å². The van der Waals surface area contributed by atoms with Crippen LogP contribution < -0.4 is 5.32 Å². The third kappa shape index (κ3) is 4.83. The fourth-order valence-electron chi connectivity index (χ4n) is 2.77. The van der Waals surface area contributed by atoms with Crippen molar-refractivity contribution in [2.75, 3.05) is 25.0 Å². The molecule has 0 bridgehead atoms. The molecule has 116 valence electrons. The Morgan fingerprint density at radius 1 is 1.24 bits per heavy atom. The van der Waals surface area contributed by atoms with E-state index < -0.39 is 0 Å². The zero-order valence-corrected chi connectivity index (χ0v) is 13.5. The second kappa shape index (κ2) is 7.05. The number of ether oxygens (including phenoxy) is 1. The number of rotatable bonds is 4. The Morgan fingerprint density at radius 3 is 2.52 bits per heavy atom. The average molecular weight is 290 g/mol. The van der Waals surface area contributed by atoms with Gasteiger partial charge in [0.2, 0.25) is 5.91 Å². The van der Waals surface area contributed by atoms with Gasteiger partial charge in [-0.3, -0.25) is 9.69 Å². The van der Waals surface area contributed by atoms with E-state index in [1.165, 1.54) is 11.1 Å². The van der Waals surface area contributed by atoms with Crippen molar-refractivity contribution in [2.24, 2.45) is 0 Å². The Bertz CT molecular complexity index is 492. The SMILES string of the molecule is Cc1ccc(NC(=O)CCN2C[C@@H](C)O[C@H](C)C2)cc1C. The number of nitrogens with one attached hydrogen (secondary N) is 1. The van der Waals surface area contributed by atoms with Gasteiger partial charge in [-0.05, 0) is 51.0 Å². The monoisotopic (exact) mass is 290 g/mol. The highest BCUT2D eigenvalue weighted by molar-refractivity contribution is 5.90. The number of benzene rings is 1. The van der Waals surface area contributed by atoms with Crippen molar-refractivity contribution in [2.45, 2.75) is 46.3 Å². The van der Waals surface area contributed by atoms with E-state index in [-0.39, 0.29) is 18.1 Å². The Morgan fingerprint density at radius 2 is 1.90 bits per heavy atom. The number of carbonyl (C=O) groups excluding carboxylic acids is 1. The molecule has 1 aliphatic rings. The second-order valence-corrected chi connectivity index (χ2v) is 6.11. The van der Waals surface area contributed by atoms with Gasteiger partial charge in [0.05, 0.1) is 12.2 Å². The summed E-state index contributed by atoms with van der Waals surface area (Å²) in [6.07, 6.45) is 1.01. The first-order valence-electron chi connectivity index (χ1n) is 7.69. The van der Waals surface area contributed by atoms with E-state index in [2.05, 4.69) is 37.9 Å². The molecule has 2 rings (SSSR count). The third-order valence-electron chi connectivity index (χ3n) is 3.94. The van der Waals surface area contributed by atoms with Gasteiger partial charge in [-0.1, -0.05) is 6.07 Å². The quantitative estimate of drug-likeness (QED) is 0.927. The first-order valence-corrected chi connectivity index (χ1v) is 7.69. The van der Waals surface area contributed by atoms with Crippen LogP contribution >= 0.6 is 0 Å². The molecule has 0 aliphatic carbocycles. The standard InChI is InChI=1S/C17H26N2O2/c1-12-5-6-16(9-13(12)2)18-17(20)7-8-19-10-14(3)21-15(4)11-19/h5-6,9,14-15H,7-8,10-11H2,1-4H3,(H,18,20)/t14-,15-/m1/s1. The second-order valence-electron chi connectivity index (χ2n) is 6.11. The van der Waals surface area contributed by atoms with E-state index in [0.29, 0.717) is 6.42 Å². The molecule has 4 heteroatoms. The van der Waals surface area contributed by atoms with E-state index in [1.807, 2.05) is 18.2 Å². The Labute approximate surface area is 127 Å². The summed E-state index contributed by atoms with van der Waals surface area (Å²) in [5.41, 5.74) is 3.32. The predicted octanol–water partition coefficient (Wildman–Crippen LogP) is 2.74. The smallest absolute Gasteiger partial charge is 0.225 e. The van der Waals surface area contributed by atoms with Crippen molar-refractivity contribution in [3.05, 3.63) is 29.3 Å². The molecule has 0 spiro atoms. The van der Waals surface area contributed by atoms with Gasteiger partial charge >= 0.3 is 0 Å². The van der Waals surface area contributed by atoms with Crippen LogP contribution in [-0.2, 0) is 9.53 Å². The molecule has 2 atom stereocenters. The molecule has 0 unspecified atom stereocenters. The normalized spacial score (nSPS) is 23.0. The van der Waals surface area contributed by atoms with E-state index in [1.54, 1.807) is 0 Å². The molecule has 1 heterocycles. The summed E-state index contributed by atoms with van der Waals surface area (Å²) in [7, 11) is 0. The molecule has 0 saturated carbocycles. The van der Waals surface area contributed by atoms with Crippen LogP contribution in [0.1, 0.15) is 31.4 Å². The van der Waals surface area contributed by atoms with Crippen LogP contribution in [0.2, 0.25) is 0 Å². The number of anilines is 1. The average Bonchev–Trinajstić information content (AvgIpc) is 2.40. The molecule has 0 aromatic heterocycles. The first kappa shape index (κ1) is 16.0. The largest absolute Gasteiger partial charge is 0.373 e. The summed E-state index contributed by atoms with van der Waals surface area (Å²) in [6.45, 7) is 10.9. The molecule has 1 aliphatic heterocycles. The van der Waals surface area contributed by atoms with Crippen LogP contribution in [-0.4, -0.2) is 42.6 Å². The molecule has 1 aromatic rings. The lowest BCUT2D eigenvalue weighted by atomic mass is 10.1. The lowest BCUT2D eigenvalue weighted by Crippen LogP contribution is -2.46. The molecule has 1 aromatic carbocycles. The first-order chi connectivity index (χ1) is 9.94. The molecular weight excluding hydrogens is 264 g/mol. The van der Waals surface area contributed by atoms with Crippen LogP contribution in [0.3, 0.4) is 0 Å². The highest BCUT2D eigenvalue weighted by Gasteiger charge is 2.22. The number of hydrogen-bond donors (Lipinski definition) is 1. The topological polar surface area (TPSA) is 41.6 Å². The maximum atomic E-state index is 12.0. The van der Waals surface area contributed by atoms with Crippen LogP contribution in [0.25, 0.3) is 0 Å². The van der Waals surface area contributed by atoms with Gasteiger partial charge in [-0.25, -0.2) is 0 Å². The lowest BCUT2D eigenvalue weighted by Gasteiger charge is -2.35. The zero-order chi connectivity index (χ0) is 15.4. The number of morpholine rings is 1. The molecule has 1 saturated heterocycles. The number of amides is 1. The van der Waals surface area contributed by atoms with Gasteiger partial charge in [0.15, 0.2) is 0 Å². The van der Waals surface area contributed by atoms with E-state index in [0.717, 1.165) is 25.3 Å². The maximum Gasteiger partial charge on any atom is 0.225 e. The molecule has 1 fully saturated rings. The van der Waals surface area contributed by atoms with Gasteiger partial charge in [-0.15, -0.1) is 0 Å². The number of aryl methyl sites for hydroxylation is 2. The fourth-order valence-corrected chi connectivity index (χ4v) is 2.77. The van der Waals surface area contributed by atoms with Crippen LogP contribution in [0.5, 0.6) is 0 Å². The van der Waals surface area contributed by atoms with Crippen LogP contribution in [0, 0.1) is 13.8 Å². The zero-order valence-electron chi connectivity index (χ0n) is 13.5. The lowest BCUT2D eigenvalue weighted by molar-refractivity contribution is -0.117. The summed E-state index contributed by atoms with van der Waals surface area (Å²) in [5.74, 6) is 0.0741. The van der Waals surface area contributed by atoms with Crippen LogP contribution in [0.15, 0.2) is 18.2 Å². The van der Waals surface area contributed by atoms with Crippen molar-refractivity contribution in [1.29, 1.82) is 0 Å².